The number of hydrogen-bond acceptors (Lipinski definition) is 3. The predicted octanol–water partition coefficient (Wildman–Crippen LogP) is 3.47. The maximum absolute atomic E-state index is 9.77. The number of methoxy groups -OCH3 is 1. The van der Waals surface area contributed by atoms with Crippen molar-refractivity contribution in [3.63, 3.8) is 0 Å². The third-order valence-electron chi connectivity index (χ3n) is 2.66. The van der Waals surface area contributed by atoms with Crippen LogP contribution >= 0.6 is 0 Å². The Morgan fingerprint density at radius 2 is 1.83 bits per heavy atom. The summed E-state index contributed by atoms with van der Waals surface area (Å²) in [6.07, 6.45) is 0. The van der Waals surface area contributed by atoms with Gasteiger partial charge < -0.3 is 14.6 Å². The molecule has 0 heterocycles. The Kier molecular flexibility index (Phi) is 3.72. The van der Waals surface area contributed by atoms with Crippen LogP contribution in [0.3, 0.4) is 0 Å². The van der Waals surface area contributed by atoms with Crippen molar-refractivity contribution in [2.75, 3.05) is 13.7 Å². The lowest BCUT2D eigenvalue weighted by Crippen LogP contribution is -1.91. The van der Waals surface area contributed by atoms with E-state index in [9.17, 15) is 5.11 Å². The molecule has 0 aliphatic rings. The fraction of sp³-hybridized carbons (Fsp3) is 0.200. The van der Waals surface area contributed by atoms with Gasteiger partial charge in [-0.15, -0.1) is 0 Å². The van der Waals surface area contributed by atoms with E-state index in [0.717, 1.165) is 16.9 Å². The van der Waals surface area contributed by atoms with Crippen molar-refractivity contribution in [3.8, 4) is 28.4 Å². The molecule has 18 heavy (non-hydrogen) atoms. The second-order valence-electron chi connectivity index (χ2n) is 3.85. The van der Waals surface area contributed by atoms with Gasteiger partial charge in [-0.1, -0.05) is 18.2 Å². The molecule has 2 aromatic rings. The maximum atomic E-state index is 9.77. The second-order valence-corrected chi connectivity index (χ2v) is 3.85. The molecule has 3 heteroatoms. The zero-order valence-corrected chi connectivity index (χ0v) is 10.5. The van der Waals surface area contributed by atoms with E-state index < -0.39 is 0 Å². The van der Waals surface area contributed by atoms with Gasteiger partial charge in [-0.2, -0.15) is 0 Å². The van der Waals surface area contributed by atoms with Crippen LogP contribution in [0.5, 0.6) is 17.2 Å². The van der Waals surface area contributed by atoms with Gasteiger partial charge in [0.05, 0.1) is 13.7 Å². The van der Waals surface area contributed by atoms with Crippen LogP contribution in [-0.4, -0.2) is 18.8 Å². The number of phenolic OH excluding ortho intramolecular Hbond substituents is 1. The number of hydrogen-bond donors (Lipinski definition) is 1. The first kappa shape index (κ1) is 12.3. The summed E-state index contributed by atoms with van der Waals surface area (Å²) in [6, 6.07) is 13.1. The molecule has 2 rings (SSSR count). The smallest absolute Gasteiger partial charge is 0.160 e. The summed E-state index contributed by atoms with van der Waals surface area (Å²) in [6.45, 7) is 2.59. The van der Waals surface area contributed by atoms with Crippen LogP contribution in [-0.2, 0) is 0 Å². The molecule has 0 amide bonds. The van der Waals surface area contributed by atoms with Crippen molar-refractivity contribution >= 4 is 0 Å². The average Bonchev–Trinajstić information content (AvgIpc) is 2.39. The summed E-state index contributed by atoms with van der Waals surface area (Å²) in [5.74, 6) is 1.43. The van der Waals surface area contributed by atoms with Crippen LogP contribution in [0, 0.1) is 0 Å². The Morgan fingerprint density at radius 1 is 1.06 bits per heavy atom. The molecular weight excluding hydrogens is 228 g/mol. The first-order valence-corrected chi connectivity index (χ1v) is 5.85. The van der Waals surface area contributed by atoms with E-state index >= 15 is 0 Å². The van der Waals surface area contributed by atoms with Gasteiger partial charge in [0.2, 0.25) is 0 Å². The minimum absolute atomic E-state index is 0.136. The molecule has 0 aliphatic heterocycles. The van der Waals surface area contributed by atoms with E-state index in [-0.39, 0.29) is 5.75 Å². The average molecular weight is 244 g/mol. The Hall–Kier alpha value is -2.16. The van der Waals surface area contributed by atoms with Crippen molar-refractivity contribution < 1.29 is 14.6 Å². The van der Waals surface area contributed by atoms with E-state index in [1.807, 2.05) is 37.3 Å². The van der Waals surface area contributed by atoms with Crippen LogP contribution < -0.4 is 9.47 Å². The molecule has 0 spiro atoms. The van der Waals surface area contributed by atoms with Gasteiger partial charge in [0, 0.05) is 0 Å². The number of phenols is 1. The Bertz CT molecular complexity index is 535. The fourth-order valence-corrected chi connectivity index (χ4v) is 1.80. The fourth-order valence-electron chi connectivity index (χ4n) is 1.80. The molecule has 0 bridgehead atoms. The molecule has 0 saturated carbocycles. The molecule has 0 radical (unpaired) electrons. The number of rotatable bonds is 4. The minimum Gasteiger partial charge on any atom is -0.504 e. The van der Waals surface area contributed by atoms with E-state index in [4.69, 9.17) is 9.47 Å². The van der Waals surface area contributed by atoms with Crippen LogP contribution in [0.15, 0.2) is 42.5 Å². The van der Waals surface area contributed by atoms with Gasteiger partial charge in [-0.05, 0) is 42.3 Å². The van der Waals surface area contributed by atoms with E-state index in [0.29, 0.717) is 12.4 Å². The summed E-state index contributed by atoms with van der Waals surface area (Å²) in [7, 11) is 1.53. The zero-order chi connectivity index (χ0) is 13.0. The Morgan fingerprint density at radius 3 is 2.50 bits per heavy atom. The first-order chi connectivity index (χ1) is 8.74. The molecule has 3 nitrogen and oxygen atoms in total. The van der Waals surface area contributed by atoms with E-state index in [2.05, 4.69) is 0 Å². The van der Waals surface area contributed by atoms with Crippen molar-refractivity contribution in [1.29, 1.82) is 0 Å². The number of aromatic hydroxyl groups is 1. The highest BCUT2D eigenvalue weighted by Gasteiger charge is 2.05. The molecule has 0 aromatic heterocycles. The largest absolute Gasteiger partial charge is 0.504 e. The SMILES string of the molecule is CCOc1cccc(-c2ccc(OC)c(O)c2)c1. The molecule has 0 aliphatic carbocycles. The van der Waals surface area contributed by atoms with Gasteiger partial charge in [-0.25, -0.2) is 0 Å². The first-order valence-electron chi connectivity index (χ1n) is 5.85. The molecule has 0 atom stereocenters. The summed E-state index contributed by atoms with van der Waals surface area (Å²) in [5, 5.41) is 9.77. The quantitative estimate of drug-likeness (QED) is 0.895. The van der Waals surface area contributed by atoms with Crippen LogP contribution in [0.25, 0.3) is 11.1 Å². The minimum atomic E-state index is 0.136. The zero-order valence-electron chi connectivity index (χ0n) is 10.5. The van der Waals surface area contributed by atoms with Crippen molar-refractivity contribution in [3.05, 3.63) is 42.5 Å². The molecule has 1 N–H and O–H groups in total. The van der Waals surface area contributed by atoms with Gasteiger partial charge in [0.1, 0.15) is 5.75 Å². The lowest BCUT2D eigenvalue weighted by molar-refractivity contribution is 0.340. The van der Waals surface area contributed by atoms with Crippen molar-refractivity contribution in [2.24, 2.45) is 0 Å². The number of ether oxygens (including phenoxy) is 2. The predicted molar refractivity (Wildman–Crippen MR) is 71.3 cm³/mol. The standard InChI is InChI=1S/C15H16O3/c1-3-18-13-6-4-5-11(9-13)12-7-8-15(17-2)14(16)10-12/h4-10,16H,3H2,1-2H3. The topological polar surface area (TPSA) is 38.7 Å². The lowest BCUT2D eigenvalue weighted by atomic mass is 10.0. The molecule has 94 valence electrons. The van der Waals surface area contributed by atoms with Gasteiger partial charge in [0.25, 0.3) is 0 Å². The van der Waals surface area contributed by atoms with E-state index in [1.54, 1.807) is 12.1 Å². The third kappa shape index (κ3) is 2.56. The van der Waals surface area contributed by atoms with Crippen molar-refractivity contribution in [2.45, 2.75) is 6.92 Å². The molecule has 0 unspecified atom stereocenters. The maximum Gasteiger partial charge on any atom is 0.160 e. The van der Waals surface area contributed by atoms with E-state index in [1.165, 1.54) is 7.11 Å². The molecule has 0 saturated heterocycles. The highest BCUT2D eigenvalue weighted by Crippen LogP contribution is 2.32. The number of benzene rings is 2. The lowest BCUT2D eigenvalue weighted by Gasteiger charge is -2.08. The highest BCUT2D eigenvalue weighted by molar-refractivity contribution is 5.68. The van der Waals surface area contributed by atoms with Crippen LogP contribution in [0.4, 0.5) is 0 Å². The van der Waals surface area contributed by atoms with Crippen LogP contribution in [0.1, 0.15) is 6.92 Å². The Balaban J connectivity index is 2.36. The highest BCUT2D eigenvalue weighted by atomic mass is 16.5. The summed E-state index contributed by atoms with van der Waals surface area (Å²) >= 11 is 0. The summed E-state index contributed by atoms with van der Waals surface area (Å²) in [5.41, 5.74) is 1.92. The third-order valence-corrected chi connectivity index (χ3v) is 2.66. The van der Waals surface area contributed by atoms with Gasteiger partial charge in [-0.3, -0.25) is 0 Å². The normalized spacial score (nSPS) is 10.1. The Labute approximate surface area is 107 Å². The molecule has 0 fully saturated rings. The molecule has 2 aromatic carbocycles. The van der Waals surface area contributed by atoms with Gasteiger partial charge >= 0.3 is 0 Å². The summed E-state index contributed by atoms with van der Waals surface area (Å²) in [4.78, 5) is 0. The monoisotopic (exact) mass is 244 g/mol. The molecular formula is C15H16O3. The van der Waals surface area contributed by atoms with Gasteiger partial charge in [0.15, 0.2) is 11.5 Å². The second kappa shape index (κ2) is 5.45. The summed E-state index contributed by atoms with van der Waals surface area (Å²) < 4.78 is 10.5. The van der Waals surface area contributed by atoms with Crippen molar-refractivity contribution in [1.82, 2.24) is 0 Å². The van der Waals surface area contributed by atoms with Crippen LogP contribution in [0.2, 0.25) is 0 Å².